The van der Waals surface area contributed by atoms with E-state index in [1.807, 2.05) is 13.0 Å². The molecule has 0 aliphatic heterocycles. The first kappa shape index (κ1) is 12.5. The zero-order valence-electron chi connectivity index (χ0n) is 9.57. The third kappa shape index (κ3) is 3.80. The Morgan fingerprint density at radius 2 is 1.93 bits per heavy atom. The second-order valence-electron chi connectivity index (χ2n) is 4.79. The Balaban J connectivity index is 2.83. The van der Waals surface area contributed by atoms with Crippen LogP contribution >= 0.6 is 11.6 Å². The summed E-state index contributed by atoms with van der Waals surface area (Å²) in [5.74, 6) is -0.364. The predicted octanol–water partition coefficient (Wildman–Crippen LogP) is 3.93. The van der Waals surface area contributed by atoms with E-state index in [0.717, 1.165) is 5.56 Å². The minimum atomic E-state index is -0.364. The molecular weight excluding hydrogens is 213 g/mol. The van der Waals surface area contributed by atoms with Crippen molar-refractivity contribution in [2.45, 2.75) is 39.3 Å². The van der Waals surface area contributed by atoms with E-state index in [9.17, 15) is 4.39 Å². The molecule has 1 rings (SSSR count). The molecule has 0 unspecified atom stereocenters. The van der Waals surface area contributed by atoms with Crippen LogP contribution < -0.4 is 5.32 Å². The molecule has 0 bridgehead atoms. The molecule has 0 heterocycles. The first-order valence-electron chi connectivity index (χ1n) is 5.02. The lowest BCUT2D eigenvalue weighted by Gasteiger charge is -2.26. The Labute approximate surface area is 95.6 Å². The molecule has 0 radical (unpaired) electrons. The van der Waals surface area contributed by atoms with Crippen LogP contribution in [0.15, 0.2) is 18.2 Å². The van der Waals surface area contributed by atoms with Crippen molar-refractivity contribution in [1.82, 2.24) is 5.32 Å². The van der Waals surface area contributed by atoms with Gasteiger partial charge in [-0.3, -0.25) is 0 Å². The highest BCUT2D eigenvalue weighted by Crippen LogP contribution is 2.21. The van der Waals surface area contributed by atoms with Gasteiger partial charge in [-0.2, -0.15) is 0 Å². The minimum absolute atomic E-state index is 0.00945. The summed E-state index contributed by atoms with van der Waals surface area (Å²) in [5, 5.41) is 3.54. The molecule has 0 spiro atoms. The molecule has 0 saturated carbocycles. The lowest BCUT2D eigenvalue weighted by Crippen LogP contribution is -2.37. The molecule has 0 aliphatic rings. The van der Waals surface area contributed by atoms with Crippen molar-refractivity contribution in [3.8, 4) is 0 Å². The first-order valence-corrected chi connectivity index (χ1v) is 5.40. The number of hydrogen-bond acceptors (Lipinski definition) is 1. The molecule has 15 heavy (non-hydrogen) atoms. The molecule has 1 atom stereocenters. The zero-order valence-corrected chi connectivity index (χ0v) is 10.3. The van der Waals surface area contributed by atoms with Crippen molar-refractivity contribution in [1.29, 1.82) is 0 Å². The Hall–Kier alpha value is -0.600. The van der Waals surface area contributed by atoms with Gasteiger partial charge >= 0.3 is 0 Å². The van der Waals surface area contributed by atoms with Crippen molar-refractivity contribution >= 4 is 11.6 Å². The fourth-order valence-corrected chi connectivity index (χ4v) is 1.63. The van der Waals surface area contributed by atoms with Gasteiger partial charge in [0.2, 0.25) is 0 Å². The molecule has 84 valence electrons. The fourth-order valence-electron chi connectivity index (χ4n) is 1.51. The maximum Gasteiger partial charge on any atom is 0.142 e. The highest BCUT2D eigenvalue weighted by molar-refractivity contribution is 6.30. The number of nitrogens with one attached hydrogen (secondary N) is 1. The van der Waals surface area contributed by atoms with Gasteiger partial charge in [-0.05, 0) is 45.4 Å². The number of benzene rings is 1. The van der Waals surface area contributed by atoms with Crippen molar-refractivity contribution in [2.24, 2.45) is 0 Å². The summed E-state index contributed by atoms with van der Waals surface area (Å²) in [4.78, 5) is 0. The molecule has 0 aliphatic carbocycles. The summed E-state index contributed by atoms with van der Waals surface area (Å²) in [5.41, 5.74) is 0.919. The quantitative estimate of drug-likeness (QED) is 0.811. The normalized spacial score (nSPS) is 14.0. The average molecular weight is 230 g/mol. The Morgan fingerprint density at radius 3 is 2.40 bits per heavy atom. The van der Waals surface area contributed by atoms with Crippen LogP contribution in [0.2, 0.25) is 5.02 Å². The van der Waals surface area contributed by atoms with E-state index in [1.54, 1.807) is 6.07 Å². The van der Waals surface area contributed by atoms with E-state index < -0.39 is 0 Å². The second kappa shape index (κ2) is 4.50. The predicted molar refractivity (Wildman–Crippen MR) is 62.7 cm³/mol. The maximum atomic E-state index is 13.2. The van der Waals surface area contributed by atoms with Gasteiger partial charge < -0.3 is 5.32 Å². The van der Waals surface area contributed by atoms with Gasteiger partial charge in [-0.15, -0.1) is 0 Å². The van der Waals surface area contributed by atoms with Crippen LogP contribution in [0.3, 0.4) is 0 Å². The van der Waals surface area contributed by atoms with Crippen molar-refractivity contribution in [3.05, 3.63) is 34.6 Å². The smallest absolute Gasteiger partial charge is 0.142 e. The van der Waals surface area contributed by atoms with Crippen LogP contribution in [-0.4, -0.2) is 5.54 Å². The molecule has 0 fully saturated rings. The summed E-state index contributed by atoms with van der Waals surface area (Å²) < 4.78 is 13.2. The molecular formula is C12H17ClFN. The number of hydrogen-bond donors (Lipinski definition) is 1. The molecule has 0 aromatic heterocycles. The van der Waals surface area contributed by atoms with E-state index in [0.29, 0.717) is 0 Å². The highest BCUT2D eigenvalue weighted by atomic mass is 35.5. The standard InChI is InChI=1S/C12H17ClFN/c1-8(15-12(2,3)4)9-5-6-10(13)11(14)7-9/h5-8,15H,1-4H3/t8-/m1/s1. The van der Waals surface area contributed by atoms with Gasteiger partial charge in [-0.1, -0.05) is 17.7 Å². The van der Waals surface area contributed by atoms with Crippen molar-refractivity contribution < 1.29 is 4.39 Å². The Kier molecular flexibility index (Phi) is 3.74. The summed E-state index contributed by atoms with van der Waals surface area (Å²) in [7, 11) is 0. The molecule has 0 amide bonds. The lowest BCUT2D eigenvalue weighted by molar-refractivity contribution is 0.377. The Morgan fingerprint density at radius 1 is 1.33 bits per heavy atom. The topological polar surface area (TPSA) is 12.0 Å². The summed E-state index contributed by atoms with van der Waals surface area (Å²) in [6.45, 7) is 8.25. The van der Waals surface area contributed by atoms with Crippen LogP contribution in [0, 0.1) is 5.82 Å². The van der Waals surface area contributed by atoms with E-state index in [4.69, 9.17) is 11.6 Å². The number of rotatable bonds is 2. The zero-order chi connectivity index (χ0) is 11.6. The SMILES string of the molecule is C[C@@H](NC(C)(C)C)c1ccc(Cl)c(F)c1. The van der Waals surface area contributed by atoms with E-state index in [-0.39, 0.29) is 22.4 Å². The molecule has 1 N–H and O–H groups in total. The largest absolute Gasteiger partial charge is 0.306 e. The fraction of sp³-hybridized carbons (Fsp3) is 0.500. The molecule has 1 nitrogen and oxygen atoms in total. The lowest BCUT2D eigenvalue weighted by atomic mass is 10.0. The summed E-state index contributed by atoms with van der Waals surface area (Å²) in [6.07, 6.45) is 0. The third-order valence-electron chi connectivity index (χ3n) is 2.09. The van der Waals surface area contributed by atoms with Gasteiger partial charge in [0.15, 0.2) is 0 Å². The monoisotopic (exact) mass is 229 g/mol. The molecule has 1 aromatic carbocycles. The van der Waals surface area contributed by atoms with Gasteiger partial charge in [0.25, 0.3) is 0 Å². The third-order valence-corrected chi connectivity index (χ3v) is 2.40. The minimum Gasteiger partial charge on any atom is -0.306 e. The van der Waals surface area contributed by atoms with Crippen LogP contribution in [0.1, 0.15) is 39.3 Å². The van der Waals surface area contributed by atoms with Crippen molar-refractivity contribution in [3.63, 3.8) is 0 Å². The van der Waals surface area contributed by atoms with Crippen LogP contribution in [-0.2, 0) is 0 Å². The maximum absolute atomic E-state index is 13.2. The van der Waals surface area contributed by atoms with Crippen LogP contribution in [0.5, 0.6) is 0 Å². The summed E-state index contributed by atoms with van der Waals surface area (Å²) in [6, 6.07) is 5.02. The summed E-state index contributed by atoms with van der Waals surface area (Å²) >= 11 is 5.62. The van der Waals surface area contributed by atoms with E-state index >= 15 is 0 Å². The highest BCUT2D eigenvalue weighted by Gasteiger charge is 2.15. The van der Waals surface area contributed by atoms with Gasteiger partial charge in [0.1, 0.15) is 5.82 Å². The van der Waals surface area contributed by atoms with Crippen molar-refractivity contribution in [2.75, 3.05) is 0 Å². The van der Waals surface area contributed by atoms with E-state index in [1.165, 1.54) is 6.07 Å². The molecule has 0 saturated heterocycles. The molecule has 3 heteroatoms. The number of halogens is 2. The van der Waals surface area contributed by atoms with Gasteiger partial charge in [0, 0.05) is 11.6 Å². The average Bonchev–Trinajstić information content (AvgIpc) is 2.06. The van der Waals surface area contributed by atoms with Gasteiger partial charge in [-0.25, -0.2) is 4.39 Å². The second-order valence-corrected chi connectivity index (χ2v) is 5.20. The molecule has 1 aromatic rings. The first-order chi connectivity index (χ1) is 6.79. The van der Waals surface area contributed by atoms with E-state index in [2.05, 4.69) is 26.1 Å². The Bertz CT molecular complexity index is 344. The van der Waals surface area contributed by atoms with Crippen LogP contribution in [0.4, 0.5) is 4.39 Å². The van der Waals surface area contributed by atoms with Gasteiger partial charge in [0.05, 0.1) is 5.02 Å². The van der Waals surface area contributed by atoms with Crippen LogP contribution in [0.25, 0.3) is 0 Å².